The van der Waals surface area contributed by atoms with Crippen molar-refractivity contribution in [2.45, 2.75) is 24.9 Å². The number of rotatable bonds is 6. The first kappa shape index (κ1) is 21.2. The molecule has 2 aliphatic heterocycles. The number of nitrogens with zero attached hydrogens (tertiary/aromatic N) is 2. The Bertz CT molecular complexity index is 960. The van der Waals surface area contributed by atoms with Crippen molar-refractivity contribution in [2.75, 3.05) is 40.1 Å². The lowest BCUT2D eigenvalue weighted by atomic mass is 9.82. The summed E-state index contributed by atoms with van der Waals surface area (Å²) in [6, 6.07) is 16.3. The molecule has 0 N–H and O–H groups in total. The van der Waals surface area contributed by atoms with Crippen LogP contribution in [0.5, 0.6) is 11.5 Å². The number of methoxy groups -OCH3 is 2. The third-order valence-electron chi connectivity index (χ3n) is 6.50. The largest absolute Gasteiger partial charge is 0.497 e. The molecule has 2 saturated heterocycles. The van der Waals surface area contributed by atoms with E-state index in [1.165, 1.54) is 17.4 Å². The van der Waals surface area contributed by atoms with Crippen LogP contribution in [0.2, 0.25) is 0 Å². The van der Waals surface area contributed by atoms with E-state index >= 15 is 0 Å². The molecule has 6 nitrogen and oxygen atoms in total. The second kappa shape index (κ2) is 8.57. The molecule has 3 atom stereocenters. The molecule has 2 aromatic carbocycles. The minimum atomic E-state index is -3.23. The fraction of sp³-hybridized carbons (Fsp3) is 0.478. The number of piperidine rings is 1. The van der Waals surface area contributed by atoms with Crippen molar-refractivity contribution in [3.05, 3.63) is 59.7 Å². The van der Waals surface area contributed by atoms with Crippen LogP contribution in [0.4, 0.5) is 0 Å². The molecule has 0 radical (unpaired) electrons. The quantitative estimate of drug-likeness (QED) is 0.705. The van der Waals surface area contributed by atoms with E-state index in [2.05, 4.69) is 29.2 Å². The molecule has 7 heteroatoms. The predicted octanol–water partition coefficient (Wildman–Crippen LogP) is 2.95. The summed E-state index contributed by atoms with van der Waals surface area (Å²) in [5.74, 6) is 2.14. The minimum Gasteiger partial charge on any atom is -0.497 e. The standard InChI is InChI=1S/C23H30N2O4S/c1-28-19-8-4-17(5-9-19)14-24-13-12-23-22(15-24)21(16-25(23)30(3,26)27)18-6-10-20(29-2)11-7-18/h4-11,21-23H,12-16H2,1-3H3/t21-,22-,23-/m1/s1. The summed E-state index contributed by atoms with van der Waals surface area (Å²) in [6.07, 6.45) is 2.20. The molecular formula is C23H30N2O4S. The SMILES string of the molecule is COc1ccc(CN2CC[C@@H]3[C@H](C2)[C@@H](c2ccc(OC)cc2)CN3S(C)(=O)=O)cc1. The monoisotopic (exact) mass is 430 g/mol. The van der Waals surface area contributed by atoms with Gasteiger partial charge in [-0.3, -0.25) is 4.90 Å². The second-order valence-corrected chi connectivity index (χ2v) is 10.3. The third-order valence-corrected chi connectivity index (χ3v) is 7.77. The maximum atomic E-state index is 12.5. The molecule has 4 rings (SSSR count). The van der Waals surface area contributed by atoms with Crippen molar-refractivity contribution in [1.29, 1.82) is 0 Å². The number of likely N-dealkylation sites (tertiary alicyclic amines) is 1. The summed E-state index contributed by atoms with van der Waals surface area (Å²) in [5, 5.41) is 0. The van der Waals surface area contributed by atoms with E-state index in [1.807, 2.05) is 24.3 Å². The Hall–Kier alpha value is -2.09. The summed E-state index contributed by atoms with van der Waals surface area (Å²) >= 11 is 0. The Morgan fingerprint density at radius 2 is 1.53 bits per heavy atom. The van der Waals surface area contributed by atoms with Crippen molar-refractivity contribution >= 4 is 10.0 Å². The number of ether oxygens (including phenoxy) is 2. The third kappa shape index (κ3) is 4.33. The topological polar surface area (TPSA) is 59.1 Å². The zero-order valence-corrected chi connectivity index (χ0v) is 18.6. The van der Waals surface area contributed by atoms with Crippen LogP contribution in [0.25, 0.3) is 0 Å². The van der Waals surface area contributed by atoms with Gasteiger partial charge in [-0.25, -0.2) is 8.42 Å². The van der Waals surface area contributed by atoms with Gasteiger partial charge in [-0.2, -0.15) is 4.31 Å². The Balaban J connectivity index is 1.55. The van der Waals surface area contributed by atoms with Gasteiger partial charge >= 0.3 is 0 Å². The summed E-state index contributed by atoms with van der Waals surface area (Å²) in [6.45, 7) is 3.20. The molecule has 0 bridgehead atoms. The highest BCUT2D eigenvalue weighted by atomic mass is 32.2. The number of sulfonamides is 1. The average molecular weight is 431 g/mol. The Morgan fingerprint density at radius 3 is 2.10 bits per heavy atom. The van der Waals surface area contributed by atoms with Crippen LogP contribution in [-0.4, -0.2) is 63.8 Å². The molecule has 2 aromatic rings. The smallest absolute Gasteiger partial charge is 0.211 e. The number of fused-ring (bicyclic) bond motifs is 1. The van der Waals surface area contributed by atoms with Crippen LogP contribution in [0, 0.1) is 5.92 Å². The van der Waals surface area contributed by atoms with Gasteiger partial charge in [-0.1, -0.05) is 24.3 Å². The van der Waals surface area contributed by atoms with Crippen LogP contribution in [0.15, 0.2) is 48.5 Å². The lowest BCUT2D eigenvalue weighted by molar-refractivity contribution is 0.130. The maximum Gasteiger partial charge on any atom is 0.211 e. The fourth-order valence-corrected chi connectivity index (χ4v) is 6.16. The molecule has 2 heterocycles. The van der Waals surface area contributed by atoms with Crippen LogP contribution in [0.1, 0.15) is 23.5 Å². The van der Waals surface area contributed by atoms with Crippen LogP contribution < -0.4 is 9.47 Å². The van der Waals surface area contributed by atoms with E-state index in [0.717, 1.165) is 37.6 Å². The summed E-state index contributed by atoms with van der Waals surface area (Å²) < 4.78 is 37.2. The highest BCUT2D eigenvalue weighted by Crippen LogP contribution is 2.43. The molecule has 0 spiro atoms. The molecule has 0 aromatic heterocycles. The minimum absolute atomic E-state index is 0.0687. The van der Waals surface area contributed by atoms with E-state index in [4.69, 9.17) is 9.47 Å². The van der Waals surface area contributed by atoms with Gasteiger partial charge in [0, 0.05) is 38.1 Å². The van der Waals surface area contributed by atoms with Crippen LogP contribution in [-0.2, 0) is 16.6 Å². The Kier molecular flexibility index (Phi) is 6.04. The Labute approximate surface area is 179 Å². The molecule has 0 aliphatic carbocycles. The normalized spacial score (nSPS) is 25.1. The van der Waals surface area contributed by atoms with E-state index in [-0.39, 0.29) is 17.9 Å². The lowest BCUT2D eigenvalue weighted by Gasteiger charge is -2.38. The van der Waals surface area contributed by atoms with Crippen LogP contribution >= 0.6 is 0 Å². The molecule has 2 aliphatic rings. The molecule has 30 heavy (non-hydrogen) atoms. The van der Waals surface area contributed by atoms with E-state index < -0.39 is 10.0 Å². The van der Waals surface area contributed by atoms with Crippen molar-refractivity contribution in [2.24, 2.45) is 5.92 Å². The van der Waals surface area contributed by atoms with Crippen molar-refractivity contribution in [1.82, 2.24) is 9.21 Å². The summed E-state index contributed by atoms with van der Waals surface area (Å²) in [7, 11) is 0.0957. The van der Waals surface area contributed by atoms with Crippen molar-refractivity contribution in [3.63, 3.8) is 0 Å². The predicted molar refractivity (Wildman–Crippen MR) is 117 cm³/mol. The number of hydrogen-bond donors (Lipinski definition) is 0. The zero-order chi connectivity index (χ0) is 21.3. The van der Waals surface area contributed by atoms with Gasteiger partial charge in [-0.15, -0.1) is 0 Å². The van der Waals surface area contributed by atoms with Crippen LogP contribution in [0.3, 0.4) is 0 Å². The maximum absolute atomic E-state index is 12.5. The van der Waals surface area contributed by atoms with E-state index in [1.54, 1.807) is 18.5 Å². The van der Waals surface area contributed by atoms with E-state index in [0.29, 0.717) is 6.54 Å². The van der Waals surface area contributed by atoms with Gasteiger partial charge < -0.3 is 9.47 Å². The van der Waals surface area contributed by atoms with Crippen molar-refractivity contribution < 1.29 is 17.9 Å². The van der Waals surface area contributed by atoms with Crippen molar-refractivity contribution in [3.8, 4) is 11.5 Å². The molecule has 2 fully saturated rings. The lowest BCUT2D eigenvalue weighted by Crippen LogP contribution is -2.47. The first-order chi connectivity index (χ1) is 14.4. The summed E-state index contributed by atoms with van der Waals surface area (Å²) in [4.78, 5) is 2.45. The molecular weight excluding hydrogens is 400 g/mol. The molecule has 0 amide bonds. The summed E-state index contributed by atoms with van der Waals surface area (Å²) in [5.41, 5.74) is 2.43. The number of benzene rings is 2. The van der Waals surface area contributed by atoms with E-state index in [9.17, 15) is 8.42 Å². The fourth-order valence-electron chi connectivity index (χ4n) is 4.98. The van der Waals surface area contributed by atoms with Gasteiger partial charge in [0.15, 0.2) is 0 Å². The highest BCUT2D eigenvalue weighted by molar-refractivity contribution is 7.88. The van der Waals surface area contributed by atoms with Gasteiger partial charge in [-0.05, 0) is 47.7 Å². The van der Waals surface area contributed by atoms with Gasteiger partial charge in [0.2, 0.25) is 10.0 Å². The first-order valence-electron chi connectivity index (χ1n) is 10.3. The second-order valence-electron chi connectivity index (χ2n) is 8.32. The number of hydrogen-bond acceptors (Lipinski definition) is 5. The average Bonchev–Trinajstić information content (AvgIpc) is 3.14. The van der Waals surface area contributed by atoms with Gasteiger partial charge in [0.1, 0.15) is 11.5 Å². The van der Waals surface area contributed by atoms with Gasteiger partial charge in [0.05, 0.1) is 20.5 Å². The van der Waals surface area contributed by atoms with Gasteiger partial charge in [0.25, 0.3) is 0 Å². The highest BCUT2D eigenvalue weighted by Gasteiger charge is 2.48. The first-order valence-corrected chi connectivity index (χ1v) is 12.2. The molecule has 0 saturated carbocycles. The zero-order valence-electron chi connectivity index (χ0n) is 17.8. The Morgan fingerprint density at radius 1 is 0.933 bits per heavy atom. The molecule has 0 unspecified atom stereocenters. The molecule has 162 valence electrons.